The van der Waals surface area contributed by atoms with Crippen LogP contribution < -0.4 is 5.43 Å². The second-order valence-corrected chi connectivity index (χ2v) is 3.90. The predicted molar refractivity (Wildman–Crippen MR) is 72.8 cm³/mol. The van der Waals surface area contributed by atoms with Gasteiger partial charge in [0.25, 0.3) is 0 Å². The number of rotatable bonds is 4. The number of halogens is 1. The summed E-state index contributed by atoms with van der Waals surface area (Å²) in [6.07, 6.45) is 2.19. The second-order valence-electron chi connectivity index (χ2n) is 3.90. The van der Waals surface area contributed by atoms with Crippen molar-refractivity contribution in [2.75, 3.05) is 5.43 Å². The van der Waals surface area contributed by atoms with Gasteiger partial charge in [-0.2, -0.15) is 5.10 Å². The zero-order valence-electron chi connectivity index (χ0n) is 10.5. The molecule has 0 aliphatic heterocycles. The summed E-state index contributed by atoms with van der Waals surface area (Å²) in [5, 5.41) is 13.9. The van der Waals surface area contributed by atoms with Crippen molar-refractivity contribution in [3.63, 3.8) is 0 Å². The molecule has 0 fully saturated rings. The van der Waals surface area contributed by atoms with E-state index in [9.17, 15) is 9.50 Å². The Morgan fingerprint density at radius 1 is 1.37 bits per heavy atom. The zero-order chi connectivity index (χ0) is 13.7. The summed E-state index contributed by atoms with van der Waals surface area (Å²) in [6, 6.07) is 9.18. The molecule has 0 atom stereocenters. The highest BCUT2D eigenvalue weighted by atomic mass is 19.1. The Morgan fingerprint density at radius 2 is 2.21 bits per heavy atom. The third-order valence-corrected chi connectivity index (χ3v) is 2.57. The molecule has 0 saturated carbocycles. The maximum absolute atomic E-state index is 13.2. The summed E-state index contributed by atoms with van der Waals surface area (Å²) in [5.41, 5.74) is 3.72. The standard InChI is InChI=1S/C14H14FN3O/c1-2-12(11-9-10(15)6-7-13(11)19)17-18-14-5-3-4-8-16-14/h3-9,19H,2H2,1H3,(H,16,18)/b17-12+. The van der Waals surface area contributed by atoms with Crippen molar-refractivity contribution in [1.29, 1.82) is 0 Å². The minimum atomic E-state index is -0.410. The first kappa shape index (κ1) is 13.0. The lowest BCUT2D eigenvalue weighted by Crippen LogP contribution is -2.04. The zero-order valence-corrected chi connectivity index (χ0v) is 10.5. The van der Waals surface area contributed by atoms with Crippen LogP contribution in [-0.4, -0.2) is 15.8 Å². The third-order valence-electron chi connectivity index (χ3n) is 2.57. The number of phenolic OH excluding ortho intramolecular Hbond substituents is 1. The van der Waals surface area contributed by atoms with Crippen LogP contribution in [0.5, 0.6) is 5.75 Å². The van der Waals surface area contributed by atoms with Gasteiger partial charge in [0.05, 0.1) is 5.71 Å². The molecule has 0 bridgehead atoms. The van der Waals surface area contributed by atoms with Crippen LogP contribution in [0.25, 0.3) is 0 Å². The molecular weight excluding hydrogens is 245 g/mol. The molecular formula is C14H14FN3O. The summed E-state index contributed by atoms with van der Waals surface area (Å²) in [5.74, 6) is 0.181. The van der Waals surface area contributed by atoms with Gasteiger partial charge in [-0.25, -0.2) is 9.37 Å². The van der Waals surface area contributed by atoms with Gasteiger partial charge >= 0.3 is 0 Å². The number of pyridine rings is 1. The molecule has 1 aromatic carbocycles. The minimum absolute atomic E-state index is 0.00446. The van der Waals surface area contributed by atoms with Gasteiger partial charge in [0, 0.05) is 11.8 Å². The predicted octanol–water partition coefficient (Wildman–Crippen LogP) is 3.15. The molecule has 0 unspecified atom stereocenters. The van der Waals surface area contributed by atoms with E-state index >= 15 is 0 Å². The first-order valence-electron chi connectivity index (χ1n) is 5.93. The van der Waals surface area contributed by atoms with Crippen molar-refractivity contribution in [3.8, 4) is 5.75 Å². The molecule has 2 rings (SSSR count). The van der Waals surface area contributed by atoms with Crippen LogP contribution in [0, 0.1) is 5.82 Å². The number of aromatic hydroxyl groups is 1. The van der Waals surface area contributed by atoms with Gasteiger partial charge in [0.2, 0.25) is 0 Å². The van der Waals surface area contributed by atoms with Crippen LogP contribution in [0.4, 0.5) is 10.2 Å². The largest absolute Gasteiger partial charge is 0.507 e. The molecule has 0 aliphatic rings. The second kappa shape index (κ2) is 5.95. The SMILES string of the molecule is CC/C(=N\Nc1ccccn1)c1cc(F)ccc1O. The Morgan fingerprint density at radius 3 is 2.89 bits per heavy atom. The molecule has 1 heterocycles. The van der Waals surface area contributed by atoms with E-state index in [1.54, 1.807) is 18.3 Å². The Hall–Kier alpha value is -2.43. The molecule has 98 valence electrons. The average molecular weight is 259 g/mol. The van der Waals surface area contributed by atoms with Gasteiger partial charge in [-0.1, -0.05) is 13.0 Å². The lowest BCUT2D eigenvalue weighted by Gasteiger charge is -2.07. The Labute approximate surface area is 110 Å². The van der Waals surface area contributed by atoms with E-state index < -0.39 is 5.82 Å². The summed E-state index contributed by atoms with van der Waals surface area (Å²) < 4.78 is 13.2. The van der Waals surface area contributed by atoms with Crippen molar-refractivity contribution in [2.45, 2.75) is 13.3 Å². The Kier molecular flexibility index (Phi) is 4.07. The molecule has 0 radical (unpaired) electrons. The topological polar surface area (TPSA) is 57.5 Å². The van der Waals surface area contributed by atoms with Crippen LogP contribution in [-0.2, 0) is 0 Å². The van der Waals surface area contributed by atoms with Crippen molar-refractivity contribution >= 4 is 11.5 Å². The number of anilines is 1. The van der Waals surface area contributed by atoms with Gasteiger partial charge in [-0.3, -0.25) is 5.43 Å². The fourth-order valence-corrected chi connectivity index (χ4v) is 1.62. The minimum Gasteiger partial charge on any atom is -0.507 e. The maximum atomic E-state index is 13.2. The smallest absolute Gasteiger partial charge is 0.146 e. The highest BCUT2D eigenvalue weighted by Gasteiger charge is 2.09. The number of nitrogens with zero attached hydrogens (tertiary/aromatic N) is 2. The number of aromatic nitrogens is 1. The first-order chi connectivity index (χ1) is 9.20. The highest BCUT2D eigenvalue weighted by Crippen LogP contribution is 2.20. The van der Waals surface area contributed by atoms with Crippen LogP contribution in [0.15, 0.2) is 47.7 Å². The third kappa shape index (κ3) is 3.28. The fraction of sp³-hybridized carbons (Fsp3) is 0.143. The molecule has 0 amide bonds. The Balaban J connectivity index is 2.26. The molecule has 2 N–H and O–H groups in total. The van der Waals surface area contributed by atoms with Crippen molar-refractivity contribution in [2.24, 2.45) is 5.10 Å². The molecule has 0 saturated heterocycles. The van der Waals surface area contributed by atoms with E-state index in [2.05, 4.69) is 15.5 Å². The van der Waals surface area contributed by atoms with E-state index in [1.165, 1.54) is 18.2 Å². The van der Waals surface area contributed by atoms with E-state index in [1.807, 2.05) is 13.0 Å². The van der Waals surface area contributed by atoms with E-state index in [0.717, 1.165) is 0 Å². The van der Waals surface area contributed by atoms with Gasteiger partial charge in [0.1, 0.15) is 17.4 Å². The van der Waals surface area contributed by atoms with Gasteiger partial charge in [-0.05, 0) is 36.8 Å². The lowest BCUT2D eigenvalue weighted by molar-refractivity contribution is 0.471. The average Bonchev–Trinajstić information content (AvgIpc) is 2.44. The lowest BCUT2D eigenvalue weighted by atomic mass is 10.1. The Bertz CT molecular complexity index is 584. The first-order valence-corrected chi connectivity index (χ1v) is 5.93. The number of hydrogen-bond donors (Lipinski definition) is 2. The molecule has 19 heavy (non-hydrogen) atoms. The van der Waals surface area contributed by atoms with Gasteiger partial charge < -0.3 is 5.11 Å². The van der Waals surface area contributed by atoms with Crippen LogP contribution in [0.1, 0.15) is 18.9 Å². The summed E-state index contributed by atoms with van der Waals surface area (Å²) >= 11 is 0. The molecule has 1 aromatic heterocycles. The fourth-order valence-electron chi connectivity index (χ4n) is 1.62. The van der Waals surface area contributed by atoms with Crippen molar-refractivity contribution in [3.05, 3.63) is 54.0 Å². The number of phenols is 1. The molecule has 0 aliphatic carbocycles. The normalized spacial score (nSPS) is 11.4. The maximum Gasteiger partial charge on any atom is 0.146 e. The van der Waals surface area contributed by atoms with E-state index in [4.69, 9.17) is 0 Å². The van der Waals surface area contributed by atoms with Crippen LogP contribution in [0.2, 0.25) is 0 Å². The number of hydrazone groups is 1. The highest BCUT2D eigenvalue weighted by molar-refractivity contribution is 6.02. The van der Waals surface area contributed by atoms with Crippen molar-refractivity contribution in [1.82, 2.24) is 4.98 Å². The van der Waals surface area contributed by atoms with Gasteiger partial charge in [-0.15, -0.1) is 0 Å². The van der Waals surface area contributed by atoms with E-state index in [-0.39, 0.29) is 5.75 Å². The number of benzene rings is 1. The van der Waals surface area contributed by atoms with Crippen LogP contribution in [0.3, 0.4) is 0 Å². The molecule has 0 spiro atoms. The summed E-state index contributed by atoms with van der Waals surface area (Å²) in [7, 11) is 0. The van der Waals surface area contributed by atoms with E-state index in [0.29, 0.717) is 23.5 Å². The number of nitrogens with one attached hydrogen (secondary N) is 1. The molecule has 4 nitrogen and oxygen atoms in total. The molecule has 5 heteroatoms. The summed E-state index contributed by atoms with van der Waals surface area (Å²) in [4.78, 5) is 4.06. The van der Waals surface area contributed by atoms with Gasteiger partial charge in [0.15, 0.2) is 0 Å². The summed E-state index contributed by atoms with van der Waals surface area (Å²) in [6.45, 7) is 1.88. The van der Waals surface area contributed by atoms with Crippen LogP contribution >= 0.6 is 0 Å². The molecule has 2 aromatic rings. The van der Waals surface area contributed by atoms with Crippen molar-refractivity contribution < 1.29 is 9.50 Å². The quantitative estimate of drug-likeness (QED) is 0.655. The monoisotopic (exact) mass is 259 g/mol. The number of hydrogen-bond acceptors (Lipinski definition) is 4.